The molecule has 0 nitrogen and oxygen atoms in total. The van der Waals surface area contributed by atoms with Crippen LogP contribution in [0.3, 0.4) is 0 Å². The van der Waals surface area contributed by atoms with E-state index < -0.39 is 54.2 Å². The molecule has 0 aromatic carbocycles. The molecule has 0 unspecified atom stereocenters. The standard InChI is InChI=1S/C10Cl7F15/c11-1(18,6(24,25)3(13,20)8(28,29)9(15,16)30)5(22,23)2(12,19)7(26,27)4(14,21)10(17,31)32/t1-,2+,3-,4+/m1/s1. The van der Waals surface area contributed by atoms with Gasteiger partial charge in [0.25, 0.3) is 0 Å². The molecule has 0 aromatic heterocycles. The fourth-order valence-corrected chi connectivity index (χ4v) is 3.07. The summed E-state index contributed by atoms with van der Waals surface area (Å²) in [6.07, 6.45) is 0. The van der Waals surface area contributed by atoms with E-state index in [0.29, 0.717) is 0 Å². The quantitative estimate of drug-likeness (QED) is 0.172. The van der Waals surface area contributed by atoms with Gasteiger partial charge in [-0.15, -0.1) is 0 Å². The second kappa shape index (κ2) is 8.25. The fourth-order valence-electron chi connectivity index (χ4n) is 1.54. The maximum atomic E-state index is 14.1. The summed E-state index contributed by atoms with van der Waals surface area (Å²) in [5.74, 6) is -29.8. The molecular weight excluding hydrogens is 653 g/mol. The van der Waals surface area contributed by atoms with Crippen molar-refractivity contribution >= 4 is 81.2 Å². The smallest absolute Gasteiger partial charge is 0.212 e. The monoisotopic (exact) mass is 650 g/mol. The highest BCUT2D eigenvalue weighted by molar-refractivity contribution is 6.48. The molecule has 32 heavy (non-hydrogen) atoms. The third kappa shape index (κ3) is 4.14. The van der Waals surface area contributed by atoms with Crippen molar-refractivity contribution in [2.75, 3.05) is 0 Å². The number of hydrogen-bond donors (Lipinski definition) is 0. The van der Waals surface area contributed by atoms with Crippen molar-refractivity contribution in [2.24, 2.45) is 0 Å². The Bertz CT molecular complexity index is 646. The van der Waals surface area contributed by atoms with E-state index in [4.69, 9.17) is 0 Å². The number of rotatable bonds is 9. The third-order valence-corrected chi connectivity index (χ3v) is 6.20. The SMILES string of the molecule is FC(Cl)(Cl)C(F)(F)[C@@](F)(Cl)C(F)(F)[C@@](F)(Cl)C(F)(F)[C@@](F)(Cl)C(F)(F)[C@@](F)(Cl)C(F)(F)Cl. The first-order chi connectivity index (χ1) is 13.2. The van der Waals surface area contributed by atoms with Gasteiger partial charge in [0.1, 0.15) is 0 Å². The Labute approximate surface area is 201 Å². The zero-order valence-corrected chi connectivity index (χ0v) is 18.6. The first-order valence-electron chi connectivity index (χ1n) is 6.41. The lowest BCUT2D eigenvalue weighted by atomic mass is 9.91. The molecule has 0 spiro atoms. The van der Waals surface area contributed by atoms with Gasteiger partial charge in [0, 0.05) is 0 Å². The average Bonchev–Trinajstić information content (AvgIpc) is 2.51. The van der Waals surface area contributed by atoms with Gasteiger partial charge in [0.15, 0.2) is 0 Å². The molecule has 0 rings (SSSR count). The van der Waals surface area contributed by atoms with Crippen LogP contribution >= 0.6 is 81.2 Å². The molecule has 0 fully saturated rings. The van der Waals surface area contributed by atoms with E-state index in [1.807, 2.05) is 0 Å². The van der Waals surface area contributed by atoms with Gasteiger partial charge < -0.3 is 0 Å². The molecule has 0 aliphatic heterocycles. The van der Waals surface area contributed by atoms with Gasteiger partial charge in [-0.25, -0.2) is 22.0 Å². The zero-order valence-electron chi connectivity index (χ0n) is 13.3. The Hall–Kier alpha value is 0.980. The van der Waals surface area contributed by atoms with Crippen molar-refractivity contribution in [3.8, 4) is 0 Å². The van der Waals surface area contributed by atoms with Crippen LogP contribution in [0.1, 0.15) is 0 Å². The summed E-state index contributed by atoms with van der Waals surface area (Å²) >= 11 is 27.2. The third-order valence-electron chi connectivity index (χ3n) is 3.47. The summed E-state index contributed by atoms with van der Waals surface area (Å²) in [7, 11) is 0. The molecule has 0 amide bonds. The molecule has 0 radical (unpaired) electrons. The number of alkyl halides is 22. The summed E-state index contributed by atoms with van der Waals surface area (Å²) in [6.45, 7) is 0. The lowest BCUT2D eigenvalue weighted by Crippen LogP contribution is -2.75. The van der Waals surface area contributed by atoms with Gasteiger partial charge in [0.2, 0.25) is 0 Å². The molecule has 194 valence electrons. The molecule has 0 aromatic rings. The van der Waals surface area contributed by atoms with E-state index in [-0.39, 0.29) is 0 Å². The first-order valence-corrected chi connectivity index (χ1v) is 9.05. The maximum Gasteiger partial charge on any atom is 0.375 e. The molecule has 0 aliphatic rings. The van der Waals surface area contributed by atoms with Crippen LogP contribution in [0, 0.1) is 0 Å². The van der Waals surface area contributed by atoms with Crippen LogP contribution in [0.15, 0.2) is 0 Å². The van der Waals surface area contributed by atoms with Gasteiger partial charge in [-0.1, -0.05) is 69.6 Å². The van der Waals surface area contributed by atoms with Gasteiger partial charge in [-0.2, -0.15) is 43.9 Å². The lowest BCUT2D eigenvalue weighted by Gasteiger charge is -2.47. The normalized spacial score (nSPS) is 23.1. The van der Waals surface area contributed by atoms with Crippen LogP contribution in [-0.4, -0.2) is 54.2 Å². The van der Waals surface area contributed by atoms with Gasteiger partial charge in [0.05, 0.1) is 0 Å². The topological polar surface area (TPSA) is 0 Å². The molecule has 4 atom stereocenters. The fraction of sp³-hybridized carbons (Fsp3) is 1.00. The minimum absolute atomic E-state index is 3.74. The maximum absolute atomic E-state index is 14.1. The van der Waals surface area contributed by atoms with Crippen molar-refractivity contribution in [1.29, 1.82) is 0 Å². The van der Waals surface area contributed by atoms with Gasteiger partial charge in [-0.3, -0.25) is 0 Å². The summed E-state index contributed by atoms with van der Waals surface area (Å²) in [6, 6.07) is 0. The molecule has 0 saturated heterocycles. The van der Waals surface area contributed by atoms with Crippen molar-refractivity contribution in [1.82, 2.24) is 0 Å². The summed E-state index contributed by atoms with van der Waals surface area (Å²) < 4.78 is 198. The predicted molar refractivity (Wildman–Crippen MR) is 84.9 cm³/mol. The van der Waals surface area contributed by atoms with E-state index in [9.17, 15) is 65.9 Å². The minimum Gasteiger partial charge on any atom is -0.212 e. The lowest BCUT2D eigenvalue weighted by molar-refractivity contribution is -0.331. The van der Waals surface area contributed by atoms with Crippen molar-refractivity contribution in [3.05, 3.63) is 0 Å². The Morgan fingerprint density at radius 3 is 0.656 bits per heavy atom. The van der Waals surface area contributed by atoms with Crippen LogP contribution in [0.25, 0.3) is 0 Å². The molecule has 0 aliphatic carbocycles. The second-order valence-corrected chi connectivity index (χ2v) is 9.38. The van der Waals surface area contributed by atoms with Crippen molar-refractivity contribution in [3.63, 3.8) is 0 Å². The number of hydrogen-bond acceptors (Lipinski definition) is 0. The molecule has 22 heteroatoms. The molecule has 0 heterocycles. The van der Waals surface area contributed by atoms with E-state index in [0.717, 1.165) is 0 Å². The molecule has 0 N–H and O–H groups in total. The Kier molecular flexibility index (Phi) is 8.51. The highest BCUT2D eigenvalue weighted by atomic mass is 35.5. The van der Waals surface area contributed by atoms with Crippen LogP contribution in [-0.2, 0) is 0 Å². The Morgan fingerprint density at radius 2 is 0.469 bits per heavy atom. The average molecular weight is 653 g/mol. The zero-order chi connectivity index (χ0) is 27.0. The van der Waals surface area contributed by atoms with Crippen LogP contribution < -0.4 is 0 Å². The van der Waals surface area contributed by atoms with E-state index in [2.05, 4.69) is 81.2 Å². The van der Waals surface area contributed by atoms with Crippen LogP contribution in [0.2, 0.25) is 0 Å². The van der Waals surface area contributed by atoms with E-state index >= 15 is 0 Å². The van der Waals surface area contributed by atoms with Gasteiger partial charge in [-0.05, 0) is 11.6 Å². The van der Waals surface area contributed by atoms with Crippen molar-refractivity contribution in [2.45, 2.75) is 54.2 Å². The second-order valence-electron chi connectivity index (χ2n) is 5.59. The van der Waals surface area contributed by atoms with Gasteiger partial charge >= 0.3 is 54.2 Å². The van der Waals surface area contributed by atoms with Crippen molar-refractivity contribution < 1.29 is 65.9 Å². The van der Waals surface area contributed by atoms with E-state index in [1.165, 1.54) is 0 Å². The predicted octanol–water partition coefficient (Wildman–Crippen LogP) is 9.08. The minimum atomic E-state index is -7.80. The first kappa shape index (κ1) is 33.0. The molecule has 0 saturated carbocycles. The number of halogens is 22. The Morgan fingerprint density at radius 1 is 0.281 bits per heavy atom. The van der Waals surface area contributed by atoms with Crippen LogP contribution in [0.4, 0.5) is 65.9 Å². The largest absolute Gasteiger partial charge is 0.375 e. The molecular formula is C10Cl7F15. The molecule has 0 bridgehead atoms. The highest BCUT2D eigenvalue weighted by Gasteiger charge is 2.94. The Balaban J connectivity index is 7.00. The van der Waals surface area contributed by atoms with E-state index in [1.54, 1.807) is 0 Å². The summed E-state index contributed by atoms with van der Waals surface area (Å²) in [5, 5.41) is -34.5. The van der Waals surface area contributed by atoms with Crippen LogP contribution in [0.5, 0.6) is 0 Å². The summed E-state index contributed by atoms with van der Waals surface area (Å²) in [4.78, 5) is 0. The summed E-state index contributed by atoms with van der Waals surface area (Å²) in [5.41, 5.74) is 0. The highest BCUT2D eigenvalue weighted by Crippen LogP contribution is 2.68.